The number of ether oxygens (including phenoxy) is 4. The molecule has 0 aliphatic carbocycles. The number of unbranched alkanes of at least 4 members (excludes halogenated alkanes) is 1. The SMILES string of the molecule is CCCCOC(=O)NN(C(=O)CC(N)=O)[C@@H]1O[C@H](CO)[C@H]2OC(C)(C)O[C@H]21. The third-order valence-electron chi connectivity index (χ3n) is 4.10. The lowest BCUT2D eigenvalue weighted by Gasteiger charge is -2.31. The van der Waals surface area contributed by atoms with Crippen molar-refractivity contribution in [2.24, 2.45) is 5.73 Å². The number of hydrogen-bond donors (Lipinski definition) is 3. The minimum Gasteiger partial charge on any atom is -0.448 e. The summed E-state index contributed by atoms with van der Waals surface area (Å²) in [5, 5.41) is 10.4. The van der Waals surface area contributed by atoms with E-state index in [4.69, 9.17) is 24.7 Å². The van der Waals surface area contributed by atoms with Crippen molar-refractivity contribution < 1.29 is 38.4 Å². The molecule has 4 N–H and O–H groups in total. The predicted octanol–water partition coefficient (Wildman–Crippen LogP) is -0.631. The first kappa shape index (κ1) is 21.4. The number of amides is 3. The van der Waals surface area contributed by atoms with E-state index < -0.39 is 54.7 Å². The lowest BCUT2D eigenvalue weighted by Crippen LogP contribution is -2.56. The summed E-state index contributed by atoms with van der Waals surface area (Å²) in [5.74, 6) is -2.64. The van der Waals surface area contributed by atoms with E-state index in [0.717, 1.165) is 11.4 Å². The normalized spacial score (nSPS) is 28.4. The molecule has 0 aromatic carbocycles. The Morgan fingerprint density at radius 2 is 1.93 bits per heavy atom. The van der Waals surface area contributed by atoms with E-state index in [9.17, 15) is 19.5 Å². The van der Waals surface area contributed by atoms with E-state index in [1.54, 1.807) is 13.8 Å². The van der Waals surface area contributed by atoms with Crippen LogP contribution < -0.4 is 11.2 Å². The number of nitrogens with two attached hydrogens (primary N) is 1. The van der Waals surface area contributed by atoms with Gasteiger partial charge in [-0.3, -0.25) is 9.59 Å². The molecule has 2 heterocycles. The third kappa shape index (κ3) is 5.28. The topological polar surface area (TPSA) is 150 Å². The number of nitrogens with zero attached hydrogens (tertiary/aromatic N) is 1. The molecule has 0 saturated carbocycles. The maximum Gasteiger partial charge on any atom is 0.426 e. The molecule has 0 bridgehead atoms. The van der Waals surface area contributed by atoms with Crippen LogP contribution in [0.1, 0.15) is 40.0 Å². The molecule has 4 atom stereocenters. The standard InChI is InChI=1S/C16H27N3O8/c1-4-5-6-24-15(23)18-19(11(22)7-10(17)21)14-13-12(9(8-20)25-14)26-16(2,3)27-13/h9,12-14,20H,4-8H2,1-3H3,(H2,17,21)(H,18,23)/t9-,12-,13-,14-/m1/s1. The summed E-state index contributed by atoms with van der Waals surface area (Å²) in [5.41, 5.74) is 7.38. The number of fused-ring (bicyclic) bond motifs is 1. The zero-order chi connectivity index (χ0) is 20.2. The molecule has 11 heteroatoms. The fourth-order valence-electron chi connectivity index (χ4n) is 2.96. The molecule has 0 spiro atoms. The van der Waals surface area contributed by atoms with E-state index in [1.165, 1.54) is 0 Å². The third-order valence-corrected chi connectivity index (χ3v) is 4.10. The predicted molar refractivity (Wildman–Crippen MR) is 89.6 cm³/mol. The number of hydrazine groups is 1. The first-order valence-corrected chi connectivity index (χ1v) is 8.84. The molecule has 3 amide bonds. The number of aliphatic hydroxyl groups excluding tert-OH is 1. The second-order valence-corrected chi connectivity index (χ2v) is 6.82. The van der Waals surface area contributed by atoms with Crippen LogP contribution in [0.3, 0.4) is 0 Å². The van der Waals surface area contributed by atoms with Gasteiger partial charge in [-0.25, -0.2) is 15.2 Å². The van der Waals surface area contributed by atoms with Crippen molar-refractivity contribution in [3.05, 3.63) is 0 Å². The van der Waals surface area contributed by atoms with Gasteiger partial charge >= 0.3 is 6.09 Å². The Bertz CT molecular complexity index is 570. The highest BCUT2D eigenvalue weighted by Crippen LogP contribution is 2.39. The smallest absolute Gasteiger partial charge is 0.426 e. The van der Waals surface area contributed by atoms with Crippen LogP contribution in [-0.4, -0.2) is 71.6 Å². The van der Waals surface area contributed by atoms with Gasteiger partial charge in [-0.1, -0.05) is 13.3 Å². The molecule has 0 aromatic heterocycles. The Labute approximate surface area is 157 Å². The number of primary amides is 1. The first-order valence-electron chi connectivity index (χ1n) is 8.84. The summed E-state index contributed by atoms with van der Waals surface area (Å²) in [6.45, 7) is 5.09. The van der Waals surface area contributed by atoms with Crippen molar-refractivity contribution >= 4 is 17.9 Å². The lowest BCUT2D eigenvalue weighted by atomic mass is 10.1. The maximum atomic E-state index is 12.5. The highest BCUT2D eigenvalue weighted by molar-refractivity contribution is 5.96. The first-order chi connectivity index (χ1) is 12.7. The van der Waals surface area contributed by atoms with Crippen LogP contribution in [0.5, 0.6) is 0 Å². The van der Waals surface area contributed by atoms with Crippen LogP contribution in [0.4, 0.5) is 4.79 Å². The zero-order valence-corrected chi connectivity index (χ0v) is 15.7. The number of aliphatic hydroxyl groups is 1. The molecule has 2 aliphatic rings. The van der Waals surface area contributed by atoms with Gasteiger partial charge in [0.25, 0.3) is 5.91 Å². The Hall–Kier alpha value is -1.95. The summed E-state index contributed by atoms with van der Waals surface area (Å²) >= 11 is 0. The second kappa shape index (κ2) is 8.83. The fourth-order valence-corrected chi connectivity index (χ4v) is 2.96. The number of nitrogens with one attached hydrogen (secondary N) is 1. The highest BCUT2D eigenvalue weighted by Gasteiger charge is 2.57. The van der Waals surface area contributed by atoms with E-state index in [1.807, 2.05) is 6.92 Å². The van der Waals surface area contributed by atoms with Gasteiger partial charge in [0.1, 0.15) is 24.7 Å². The van der Waals surface area contributed by atoms with Crippen molar-refractivity contribution in [2.45, 2.75) is 70.4 Å². The van der Waals surface area contributed by atoms with Crippen LogP contribution in [0.2, 0.25) is 0 Å². The van der Waals surface area contributed by atoms with Crippen LogP contribution in [0, 0.1) is 0 Å². The molecule has 27 heavy (non-hydrogen) atoms. The van der Waals surface area contributed by atoms with Crippen LogP contribution in [-0.2, 0) is 28.5 Å². The summed E-state index contributed by atoms with van der Waals surface area (Å²) < 4.78 is 22.1. The lowest BCUT2D eigenvalue weighted by molar-refractivity contribution is -0.214. The molecule has 2 fully saturated rings. The molecular weight excluding hydrogens is 362 g/mol. The van der Waals surface area contributed by atoms with Gasteiger partial charge in [-0.2, -0.15) is 0 Å². The van der Waals surface area contributed by atoms with E-state index >= 15 is 0 Å². The van der Waals surface area contributed by atoms with Crippen LogP contribution in [0.25, 0.3) is 0 Å². The summed E-state index contributed by atoms with van der Waals surface area (Å²) in [7, 11) is 0. The zero-order valence-electron chi connectivity index (χ0n) is 15.7. The van der Waals surface area contributed by atoms with Gasteiger partial charge in [0.05, 0.1) is 13.2 Å². The minimum atomic E-state index is -1.13. The van der Waals surface area contributed by atoms with E-state index in [2.05, 4.69) is 5.43 Å². The number of carbonyl (C=O) groups is 3. The molecule has 2 rings (SSSR count). The number of carbonyl (C=O) groups excluding carboxylic acids is 3. The number of rotatable bonds is 7. The monoisotopic (exact) mass is 389 g/mol. The maximum absolute atomic E-state index is 12.5. The molecule has 0 unspecified atom stereocenters. The van der Waals surface area contributed by atoms with Crippen molar-refractivity contribution in [1.29, 1.82) is 0 Å². The molecular formula is C16H27N3O8. The van der Waals surface area contributed by atoms with E-state index in [-0.39, 0.29) is 13.2 Å². The molecule has 2 aliphatic heterocycles. The van der Waals surface area contributed by atoms with E-state index in [0.29, 0.717) is 6.42 Å². The fraction of sp³-hybridized carbons (Fsp3) is 0.812. The quantitative estimate of drug-likeness (QED) is 0.296. The van der Waals surface area contributed by atoms with Crippen molar-refractivity contribution in [3.63, 3.8) is 0 Å². The largest absolute Gasteiger partial charge is 0.448 e. The second-order valence-electron chi connectivity index (χ2n) is 6.82. The van der Waals surface area contributed by atoms with Crippen molar-refractivity contribution in [1.82, 2.24) is 10.4 Å². The van der Waals surface area contributed by atoms with Crippen molar-refractivity contribution in [3.8, 4) is 0 Å². The van der Waals surface area contributed by atoms with Gasteiger partial charge in [-0.15, -0.1) is 0 Å². The molecule has 0 radical (unpaired) electrons. The minimum absolute atomic E-state index is 0.170. The summed E-state index contributed by atoms with van der Waals surface area (Å²) in [6, 6.07) is 0. The Balaban J connectivity index is 2.17. The van der Waals surface area contributed by atoms with Gasteiger partial charge in [-0.05, 0) is 20.3 Å². The summed E-state index contributed by atoms with van der Waals surface area (Å²) in [6.07, 6.45) is -3.39. The van der Waals surface area contributed by atoms with Gasteiger partial charge in [0.15, 0.2) is 12.0 Å². The average Bonchev–Trinajstić information content (AvgIpc) is 3.05. The molecule has 0 aromatic rings. The molecule has 2 saturated heterocycles. The highest BCUT2D eigenvalue weighted by atomic mass is 16.8. The Morgan fingerprint density at radius 3 is 2.52 bits per heavy atom. The molecule has 154 valence electrons. The van der Waals surface area contributed by atoms with Gasteiger partial charge < -0.3 is 29.8 Å². The van der Waals surface area contributed by atoms with Crippen LogP contribution >= 0.6 is 0 Å². The van der Waals surface area contributed by atoms with Crippen molar-refractivity contribution in [2.75, 3.05) is 13.2 Å². The van der Waals surface area contributed by atoms with Gasteiger partial charge in [0, 0.05) is 0 Å². The Kier molecular flexibility index (Phi) is 6.98. The Morgan fingerprint density at radius 1 is 1.26 bits per heavy atom. The average molecular weight is 389 g/mol. The van der Waals surface area contributed by atoms with Gasteiger partial charge in [0.2, 0.25) is 5.91 Å². The number of hydrogen-bond acceptors (Lipinski definition) is 8. The molecule has 11 nitrogen and oxygen atoms in total. The summed E-state index contributed by atoms with van der Waals surface area (Å²) in [4.78, 5) is 35.7. The van der Waals surface area contributed by atoms with Crippen LogP contribution in [0.15, 0.2) is 0 Å².